The van der Waals surface area contributed by atoms with Crippen LogP contribution < -0.4 is 10.2 Å². The van der Waals surface area contributed by atoms with Crippen LogP contribution in [0.5, 0.6) is 0 Å². The van der Waals surface area contributed by atoms with Gasteiger partial charge in [0, 0.05) is 36.9 Å². The Labute approximate surface area is 201 Å². The van der Waals surface area contributed by atoms with Gasteiger partial charge in [-0.1, -0.05) is 11.6 Å². The summed E-state index contributed by atoms with van der Waals surface area (Å²) in [6, 6.07) is 8.68. The molecule has 1 atom stereocenters. The van der Waals surface area contributed by atoms with Crippen LogP contribution in [0.15, 0.2) is 42.7 Å². The molecule has 10 nitrogen and oxygen atoms in total. The number of benzene rings is 1. The van der Waals surface area contributed by atoms with Crippen molar-refractivity contribution in [2.45, 2.75) is 26.0 Å². The molecule has 3 heterocycles. The van der Waals surface area contributed by atoms with Crippen LogP contribution in [-0.4, -0.2) is 68.1 Å². The van der Waals surface area contributed by atoms with Crippen LogP contribution in [0.3, 0.4) is 0 Å². The van der Waals surface area contributed by atoms with Crippen molar-refractivity contribution in [3.63, 3.8) is 0 Å². The third-order valence-electron chi connectivity index (χ3n) is 5.89. The number of aliphatic hydroxyl groups is 1. The highest BCUT2D eigenvalue weighted by molar-refractivity contribution is 6.30. The Morgan fingerprint density at radius 3 is 2.68 bits per heavy atom. The number of anilines is 2. The molecule has 0 radical (unpaired) electrons. The second-order valence-electron chi connectivity index (χ2n) is 8.18. The lowest BCUT2D eigenvalue weighted by Crippen LogP contribution is -2.38. The first kappa shape index (κ1) is 23.5. The van der Waals surface area contributed by atoms with Crippen molar-refractivity contribution < 1.29 is 19.8 Å². The standard InChI is InChI=1S/C23H25ClN6O4/c1-14-9-17(10-25-21(14)29-8-7-19(12-29)28(2)23(33)34)26-22(32)20-15(13-31)11-30(27-20)18-5-3-16(24)4-6-18/h3-6,9-11,19,31H,7-8,12-13H2,1-2H3,(H,26,32)(H,33,34). The quantitative estimate of drug-likeness (QED) is 0.491. The van der Waals surface area contributed by atoms with Crippen molar-refractivity contribution in [1.29, 1.82) is 0 Å². The lowest BCUT2D eigenvalue weighted by Gasteiger charge is -2.23. The van der Waals surface area contributed by atoms with Crippen molar-refractivity contribution in [2.75, 3.05) is 30.4 Å². The number of nitrogens with zero attached hydrogens (tertiary/aromatic N) is 5. The molecule has 0 spiro atoms. The van der Waals surface area contributed by atoms with E-state index in [4.69, 9.17) is 11.6 Å². The van der Waals surface area contributed by atoms with E-state index in [0.717, 1.165) is 17.8 Å². The number of aromatic nitrogens is 3. The molecule has 3 aromatic rings. The third-order valence-corrected chi connectivity index (χ3v) is 6.14. The highest BCUT2D eigenvalue weighted by atomic mass is 35.5. The van der Waals surface area contributed by atoms with Gasteiger partial charge in [0.05, 0.1) is 30.2 Å². The summed E-state index contributed by atoms with van der Waals surface area (Å²) >= 11 is 5.93. The van der Waals surface area contributed by atoms with Gasteiger partial charge in [-0.2, -0.15) is 5.10 Å². The number of aliphatic hydroxyl groups excluding tert-OH is 1. The van der Waals surface area contributed by atoms with E-state index in [1.165, 1.54) is 9.58 Å². The highest BCUT2D eigenvalue weighted by Gasteiger charge is 2.29. The van der Waals surface area contributed by atoms with Crippen LogP contribution in [0.2, 0.25) is 5.02 Å². The Bertz CT molecular complexity index is 1210. The van der Waals surface area contributed by atoms with Crippen molar-refractivity contribution in [2.24, 2.45) is 0 Å². The molecule has 2 aromatic heterocycles. The molecule has 4 rings (SSSR count). The molecule has 0 bridgehead atoms. The Hall–Kier alpha value is -3.63. The van der Waals surface area contributed by atoms with Crippen LogP contribution in [0, 0.1) is 6.92 Å². The molecular weight excluding hydrogens is 460 g/mol. The topological polar surface area (TPSA) is 124 Å². The molecule has 3 N–H and O–H groups in total. The number of hydrogen-bond donors (Lipinski definition) is 3. The molecule has 1 aliphatic heterocycles. The summed E-state index contributed by atoms with van der Waals surface area (Å²) in [5.74, 6) is 0.289. The SMILES string of the molecule is Cc1cc(NC(=O)c2nn(-c3ccc(Cl)cc3)cc2CO)cnc1N1CCC(N(C)C(=O)O)C1. The van der Waals surface area contributed by atoms with E-state index >= 15 is 0 Å². The summed E-state index contributed by atoms with van der Waals surface area (Å²) in [4.78, 5) is 32.0. The maximum atomic E-state index is 12.9. The number of halogens is 1. The lowest BCUT2D eigenvalue weighted by atomic mass is 10.2. The second kappa shape index (κ2) is 9.70. The molecule has 1 aliphatic rings. The van der Waals surface area contributed by atoms with Gasteiger partial charge >= 0.3 is 6.09 Å². The smallest absolute Gasteiger partial charge is 0.407 e. The molecule has 0 saturated carbocycles. The van der Waals surface area contributed by atoms with Crippen molar-refractivity contribution >= 4 is 35.1 Å². The molecule has 1 fully saturated rings. The maximum absolute atomic E-state index is 12.9. The number of nitrogens with one attached hydrogen (secondary N) is 1. The number of pyridine rings is 1. The van der Waals surface area contributed by atoms with Gasteiger partial charge in [0.25, 0.3) is 5.91 Å². The molecule has 11 heteroatoms. The fourth-order valence-corrected chi connectivity index (χ4v) is 4.13. The zero-order chi connectivity index (χ0) is 24.4. The summed E-state index contributed by atoms with van der Waals surface area (Å²) in [6.45, 7) is 2.81. The van der Waals surface area contributed by atoms with Crippen molar-refractivity contribution in [1.82, 2.24) is 19.7 Å². The molecular formula is C23H25ClN6O4. The summed E-state index contributed by atoms with van der Waals surface area (Å²) < 4.78 is 1.52. The van der Waals surface area contributed by atoms with Crippen LogP contribution >= 0.6 is 11.6 Å². The van der Waals surface area contributed by atoms with E-state index in [1.807, 2.05) is 17.9 Å². The zero-order valence-electron chi connectivity index (χ0n) is 18.8. The van der Waals surface area contributed by atoms with E-state index in [-0.39, 0.29) is 18.3 Å². The Balaban J connectivity index is 1.48. The number of amides is 2. The van der Waals surface area contributed by atoms with E-state index in [0.29, 0.717) is 35.1 Å². The van der Waals surface area contributed by atoms with Gasteiger partial charge in [-0.05, 0) is 49.2 Å². The van der Waals surface area contributed by atoms with E-state index < -0.39 is 12.0 Å². The average molecular weight is 485 g/mol. The largest absolute Gasteiger partial charge is 0.465 e. The number of aryl methyl sites for hydroxylation is 1. The number of rotatable bonds is 6. The van der Waals surface area contributed by atoms with E-state index in [9.17, 15) is 19.8 Å². The van der Waals surface area contributed by atoms with Crippen molar-refractivity contribution in [3.8, 4) is 5.69 Å². The first-order chi connectivity index (χ1) is 16.3. The molecule has 1 aromatic carbocycles. The summed E-state index contributed by atoms with van der Waals surface area (Å²) in [5.41, 5.74) is 2.55. The first-order valence-electron chi connectivity index (χ1n) is 10.7. The Kier molecular flexibility index (Phi) is 6.71. The molecule has 2 amide bonds. The minimum absolute atomic E-state index is 0.0919. The fourth-order valence-electron chi connectivity index (χ4n) is 4.01. The fraction of sp³-hybridized carbons (Fsp3) is 0.304. The number of hydrogen-bond acceptors (Lipinski definition) is 6. The maximum Gasteiger partial charge on any atom is 0.407 e. The van der Waals surface area contributed by atoms with Crippen LogP contribution in [0.4, 0.5) is 16.3 Å². The molecule has 0 aliphatic carbocycles. The van der Waals surface area contributed by atoms with Gasteiger partial charge in [-0.15, -0.1) is 0 Å². The summed E-state index contributed by atoms with van der Waals surface area (Å²) in [5, 5.41) is 26.6. The monoisotopic (exact) mass is 484 g/mol. The minimum atomic E-state index is -0.949. The van der Waals surface area contributed by atoms with E-state index in [1.54, 1.807) is 43.7 Å². The van der Waals surface area contributed by atoms with Crippen molar-refractivity contribution in [3.05, 3.63) is 64.6 Å². The van der Waals surface area contributed by atoms with Gasteiger partial charge < -0.3 is 25.3 Å². The van der Waals surface area contributed by atoms with Gasteiger partial charge in [-0.25, -0.2) is 14.5 Å². The molecule has 34 heavy (non-hydrogen) atoms. The predicted octanol–water partition coefficient (Wildman–Crippen LogP) is 3.16. The number of carbonyl (C=O) groups is 2. The van der Waals surface area contributed by atoms with Gasteiger partial charge in [0.15, 0.2) is 5.69 Å². The Morgan fingerprint density at radius 2 is 2.03 bits per heavy atom. The van der Waals surface area contributed by atoms with Crippen LogP contribution in [0.25, 0.3) is 5.69 Å². The number of carboxylic acid groups (broad SMARTS) is 1. The zero-order valence-corrected chi connectivity index (χ0v) is 19.5. The van der Waals surface area contributed by atoms with Gasteiger partial charge in [-0.3, -0.25) is 4.79 Å². The normalized spacial score (nSPS) is 15.4. The molecule has 178 valence electrons. The number of likely N-dealkylation sites (N-methyl/N-ethyl adjacent to an activating group) is 1. The summed E-state index contributed by atoms with van der Waals surface area (Å²) in [6.07, 6.45) is 2.93. The molecule has 1 unspecified atom stereocenters. The molecule has 1 saturated heterocycles. The lowest BCUT2D eigenvalue weighted by molar-refractivity contribution is 0.101. The third kappa shape index (κ3) is 4.82. The first-order valence-corrected chi connectivity index (χ1v) is 11.1. The second-order valence-corrected chi connectivity index (χ2v) is 8.62. The average Bonchev–Trinajstić information content (AvgIpc) is 3.47. The number of carbonyl (C=O) groups excluding carboxylic acids is 1. The van der Waals surface area contributed by atoms with E-state index in [2.05, 4.69) is 15.4 Å². The predicted molar refractivity (Wildman–Crippen MR) is 128 cm³/mol. The van der Waals surface area contributed by atoms with Crippen LogP contribution in [-0.2, 0) is 6.61 Å². The summed E-state index contributed by atoms with van der Waals surface area (Å²) in [7, 11) is 1.57. The van der Waals surface area contributed by atoms with Gasteiger partial charge in [0.1, 0.15) is 5.82 Å². The van der Waals surface area contributed by atoms with Crippen LogP contribution in [0.1, 0.15) is 28.0 Å². The highest BCUT2D eigenvalue weighted by Crippen LogP contribution is 2.26. The minimum Gasteiger partial charge on any atom is -0.465 e. The Morgan fingerprint density at radius 1 is 1.29 bits per heavy atom. The van der Waals surface area contributed by atoms with Gasteiger partial charge in [0.2, 0.25) is 0 Å².